The molecule has 140 valence electrons. The highest BCUT2D eigenvalue weighted by molar-refractivity contribution is 5.98. The number of Topliss-reactive ketones (excluding diaryl/α,β-unsaturated/α-hetero) is 1. The molecule has 0 saturated carbocycles. The lowest BCUT2D eigenvalue weighted by atomic mass is 10.1. The van der Waals surface area contributed by atoms with Crippen molar-refractivity contribution in [2.75, 3.05) is 20.3 Å². The van der Waals surface area contributed by atoms with E-state index in [4.69, 9.17) is 9.47 Å². The van der Waals surface area contributed by atoms with Gasteiger partial charge in [-0.05, 0) is 29.8 Å². The molecule has 0 aliphatic carbocycles. The number of ketones is 1. The van der Waals surface area contributed by atoms with E-state index >= 15 is 0 Å². The van der Waals surface area contributed by atoms with Crippen LogP contribution in [0.15, 0.2) is 54.6 Å². The molecule has 0 aliphatic rings. The quantitative estimate of drug-likeness (QED) is 0.438. The van der Waals surface area contributed by atoms with Gasteiger partial charge in [0, 0.05) is 11.6 Å². The fourth-order valence-electron chi connectivity index (χ4n) is 2.07. The summed E-state index contributed by atoms with van der Waals surface area (Å²) in [6.07, 6.45) is 2.89. The van der Waals surface area contributed by atoms with Crippen LogP contribution in [0.4, 0.5) is 4.39 Å². The molecule has 1 N–H and O–H groups in total. The molecule has 2 aromatic carbocycles. The molecule has 27 heavy (non-hydrogen) atoms. The van der Waals surface area contributed by atoms with Crippen LogP contribution in [0.25, 0.3) is 6.08 Å². The Balaban J connectivity index is 1.75. The van der Waals surface area contributed by atoms with E-state index in [0.29, 0.717) is 0 Å². The van der Waals surface area contributed by atoms with Gasteiger partial charge in [-0.1, -0.05) is 30.3 Å². The average Bonchev–Trinajstić information content (AvgIpc) is 2.69. The average molecular weight is 371 g/mol. The molecular formula is C20H18FNO5. The van der Waals surface area contributed by atoms with Gasteiger partial charge >= 0.3 is 5.97 Å². The van der Waals surface area contributed by atoms with Gasteiger partial charge in [-0.2, -0.15) is 0 Å². The highest BCUT2D eigenvalue weighted by Gasteiger charge is 2.13. The molecule has 0 heterocycles. The molecule has 0 aliphatic heterocycles. The number of methoxy groups -OCH3 is 1. The molecule has 7 heteroatoms. The van der Waals surface area contributed by atoms with E-state index in [0.717, 1.165) is 11.6 Å². The van der Waals surface area contributed by atoms with Crippen LogP contribution in [0.1, 0.15) is 15.9 Å². The molecule has 0 spiro atoms. The lowest BCUT2D eigenvalue weighted by Crippen LogP contribution is -2.30. The highest BCUT2D eigenvalue weighted by Crippen LogP contribution is 2.17. The number of hydrogen-bond acceptors (Lipinski definition) is 5. The Morgan fingerprint density at radius 2 is 1.85 bits per heavy atom. The zero-order valence-corrected chi connectivity index (χ0v) is 14.6. The van der Waals surface area contributed by atoms with E-state index in [2.05, 4.69) is 5.32 Å². The first-order valence-electron chi connectivity index (χ1n) is 8.03. The van der Waals surface area contributed by atoms with Gasteiger partial charge in [0.15, 0.2) is 24.0 Å². The molecule has 0 atom stereocenters. The number of benzene rings is 2. The summed E-state index contributed by atoms with van der Waals surface area (Å²) >= 11 is 0. The van der Waals surface area contributed by atoms with Crippen molar-refractivity contribution in [3.05, 3.63) is 71.6 Å². The maximum absolute atomic E-state index is 13.6. The Labute approximate surface area is 155 Å². The molecule has 0 aromatic heterocycles. The molecule has 6 nitrogen and oxygen atoms in total. The first-order chi connectivity index (χ1) is 13.0. The monoisotopic (exact) mass is 371 g/mol. The smallest absolute Gasteiger partial charge is 0.325 e. The lowest BCUT2D eigenvalue weighted by molar-refractivity contribution is -0.142. The number of carbonyl (C=O) groups is 3. The van der Waals surface area contributed by atoms with Gasteiger partial charge in [-0.15, -0.1) is 0 Å². The summed E-state index contributed by atoms with van der Waals surface area (Å²) in [6, 6.07) is 12.9. The third-order valence-corrected chi connectivity index (χ3v) is 3.47. The van der Waals surface area contributed by atoms with Crippen molar-refractivity contribution < 1.29 is 28.2 Å². The van der Waals surface area contributed by atoms with Crippen LogP contribution in [0.5, 0.6) is 5.75 Å². The van der Waals surface area contributed by atoms with Gasteiger partial charge in [-0.3, -0.25) is 14.4 Å². The first kappa shape index (κ1) is 19.8. The number of halogens is 1. The minimum atomic E-state index is -0.779. The number of esters is 1. The SMILES string of the molecule is COc1ccc(C(=O)COC(=O)CNC(=O)/C=C/c2ccccc2)cc1F. The van der Waals surface area contributed by atoms with Gasteiger partial charge in [0.05, 0.1) is 7.11 Å². The van der Waals surface area contributed by atoms with Crippen molar-refractivity contribution in [2.45, 2.75) is 0 Å². The van der Waals surface area contributed by atoms with Gasteiger partial charge in [0.2, 0.25) is 5.91 Å². The minimum Gasteiger partial charge on any atom is -0.494 e. The predicted octanol–water partition coefficient (Wildman–Crippen LogP) is 2.39. The lowest BCUT2D eigenvalue weighted by Gasteiger charge is -2.06. The first-order valence-corrected chi connectivity index (χ1v) is 8.03. The standard InChI is InChI=1S/C20H18FNO5/c1-26-18-9-8-15(11-16(18)21)17(23)13-27-20(25)12-22-19(24)10-7-14-5-3-2-4-6-14/h2-11H,12-13H2,1H3,(H,22,24)/b10-7+. The molecule has 1 amide bonds. The second kappa shape index (κ2) is 9.86. The van der Waals surface area contributed by atoms with Crippen molar-refractivity contribution in [3.63, 3.8) is 0 Å². The molecular weight excluding hydrogens is 353 g/mol. The Bertz CT molecular complexity index is 849. The summed E-state index contributed by atoms with van der Waals surface area (Å²) in [6.45, 7) is -0.942. The van der Waals surface area contributed by atoms with Crippen LogP contribution in [-0.2, 0) is 14.3 Å². The van der Waals surface area contributed by atoms with Crippen LogP contribution in [0, 0.1) is 5.82 Å². The molecule has 0 saturated heterocycles. The Morgan fingerprint density at radius 1 is 1.11 bits per heavy atom. The van der Waals surface area contributed by atoms with Crippen molar-refractivity contribution >= 4 is 23.7 Å². The van der Waals surface area contributed by atoms with E-state index in [1.54, 1.807) is 6.08 Å². The number of carbonyl (C=O) groups excluding carboxylic acids is 3. The van der Waals surface area contributed by atoms with Gasteiger partial charge < -0.3 is 14.8 Å². The van der Waals surface area contributed by atoms with E-state index in [1.807, 2.05) is 30.3 Å². The molecule has 0 fully saturated rings. The number of rotatable bonds is 8. The van der Waals surface area contributed by atoms with Crippen molar-refractivity contribution in [2.24, 2.45) is 0 Å². The van der Waals surface area contributed by atoms with E-state index in [9.17, 15) is 18.8 Å². The minimum absolute atomic E-state index is 0.00909. The van der Waals surface area contributed by atoms with Gasteiger partial charge in [0.1, 0.15) is 6.54 Å². The van der Waals surface area contributed by atoms with Crippen LogP contribution in [0.3, 0.4) is 0 Å². The Hall–Kier alpha value is -3.48. The summed E-state index contributed by atoms with van der Waals surface area (Å²) in [4.78, 5) is 35.2. The van der Waals surface area contributed by atoms with Crippen LogP contribution < -0.4 is 10.1 Å². The normalized spacial score (nSPS) is 10.4. The number of hydrogen-bond donors (Lipinski definition) is 1. The topological polar surface area (TPSA) is 81.7 Å². The van der Waals surface area contributed by atoms with Crippen LogP contribution in [0.2, 0.25) is 0 Å². The largest absolute Gasteiger partial charge is 0.494 e. The second-order valence-corrected chi connectivity index (χ2v) is 5.40. The number of amides is 1. The Morgan fingerprint density at radius 3 is 2.52 bits per heavy atom. The maximum atomic E-state index is 13.6. The predicted molar refractivity (Wildman–Crippen MR) is 96.7 cm³/mol. The van der Waals surface area contributed by atoms with E-state index < -0.39 is 30.1 Å². The summed E-state index contributed by atoms with van der Waals surface area (Å²) in [5.41, 5.74) is 0.892. The Kier molecular flexibility index (Phi) is 7.25. The zero-order valence-electron chi connectivity index (χ0n) is 14.6. The van der Waals surface area contributed by atoms with Crippen molar-refractivity contribution in [1.82, 2.24) is 5.32 Å². The molecule has 0 bridgehead atoms. The zero-order chi connectivity index (χ0) is 19.6. The second-order valence-electron chi connectivity index (χ2n) is 5.40. The number of ether oxygens (including phenoxy) is 2. The number of nitrogens with one attached hydrogen (secondary N) is 1. The molecule has 2 aromatic rings. The van der Waals surface area contributed by atoms with Crippen LogP contribution >= 0.6 is 0 Å². The molecule has 0 unspecified atom stereocenters. The fraction of sp³-hybridized carbons (Fsp3) is 0.150. The molecule has 0 radical (unpaired) electrons. The summed E-state index contributed by atoms with van der Waals surface area (Å²) in [5.74, 6) is -2.50. The maximum Gasteiger partial charge on any atom is 0.325 e. The van der Waals surface area contributed by atoms with Crippen molar-refractivity contribution in [1.29, 1.82) is 0 Å². The highest BCUT2D eigenvalue weighted by atomic mass is 19.1. The van der Waals surface area contributed by atoms with E-state index in [-0.39, 0.29) is 17.9 Å². The summed E-state index contributed by atoms with van der Waals surface area (Å²) < 4.78 is 23.1. The van der Waals surface area contributed by atoms with Crippen LogP contribution in [-0.4, -0.2) is 37.9 Å². The third-order valence-electron chi connectivity index (χ3n) is 3.47. The molecule has 2 rings (SSSR count). The van der Waals surface area contributed by atoms with Crippen molar-refractivity contribution in [3.8, 4) is 5.75 Å². The van der Waals surface area contributed by atoms with Gasteiger partial charge in [-0.25, -0.2) is 4.39 Å². The summed E-state index contributed by atoms with van der Waals surface area (Å²) in [7, 11) is 1.31. The van der Waals surface area contributed by atoms with E-state index in [1.165, 1.54) is 25.3 Å². The fourth-order valence-corrected chi connectivity index (χ4v) is 2.07. The van der Waals surface area contributed by atoms with Gasteiger partial charge in [0.25, 0.3) is 0 Å². The third kappa shape index (κ3) is 6.39. The summed E-state index contributed by atoms with van der Waals surface area (Å²) in [5, 5.41) is 2.35.